The third-order valence-corrected chi connectivity index (χ3v) is 3.82. The second kappa shape index (κ2) is 8.53. The summed E-state index contributed by atoms with van der Waals surface area (Å²) >= 11 is 6.04. The van der Waals surface area contributed by atoms with Crippen molar-refractivity contribution in [3.63, 3.8) is 0 Å². The van der Waals surface area contributed by atoms with Crippen molar-refractivity contribution >= 4 is 17.6 Å². The van der Waals surface area contributed by atoms with E-state index in [2.05, 4.69) is 39.7 Å². The van der Waals surface area contributed by atoms with E-state index >= 15 is 0 Å². The summed E-state index contributed by atoms with van der Waals surface area (Å²) in [4.78, 5) is 4.26. The molecule has 1 heterocycles. The summed E-state index contributed by atoms with van der Waals surface area (Å²) in [5.74, 6) is 1.74. The number of aryl methyl sites for hydroxylation is 1. The molecule has 0 saturated heterocycles. The Balaban J connectivity index is 1.86. The van der Waals surface area contributed by atoms with Gasteiger partial charge in [0.05, 0.1) is 6.04 Å². The molecule has 0 aliphatic rings. The number of hydrogen-bond acceptors (Lipinski definition) is 3. The molecule has 6 nitrogen and oxygen atoms in total. The largest absolute Gasteiger partial charge is 0.355 e. The van der Waals surface area contributed by atoms with Gasteiger partial charge in [-0.2, -0.15) is 0 Å². The van der Waals surface area contributed by atoms with E-state index in [0.717, 1.165) is 41.9 Å². The molecule has 0 amide bonds. The molecular weight excluding hydrogens is 312 g/mol. The van der Waals surface area contributed by atoms with Gasteiger partial charge >= 0.3 is 0 Å². The van der Waals surface area contributed by atoms with Crippen molar-refractivity contribution < 1.29 is 0 Å². The molecule has 124 valence electrons. The fraction of sp³-hybridized carbons (Fsp3) is 0.438. The van der Waals surface area contributed by atoms with Crippen LogP contribution in [-0.2, 0) is 13.0 Å². The number of benzene rings is 1. The van der Waals surface area contributed by atoms with Gasteiger partial charge in [-0.15, -0.1) is 10.2 Å². The van der Waals surface area contributed by atoms with Gasteiger partial charge in [0.25, 0.3) is 0 Å². The van der Waals surface area contributed by atoms with Gasteiger partial charge in [-0.1, -0.05) is 30.7 Å². The van der Waals surface area contributed by atoms with E-state index in [-0.39, 0.29) is 6.04 Å². The first-order chi connectivity index (χ1) is 11.1. The van der Waals surface area contributed by atoms with Crippen LogP contribution in [0.1, 0.15) is 31.3 Å². The van der Waals surface area contributed by atoms with Crippen LogP contribution >= 0.6 is 11.6 Å². The molecule has 1 atom stereocenters. The Morgan fingerprint density at radius 1 is 1.43 bits per heavy atom. The molecule has 1 unspecified atom stereocenters. The van der Waals surface area contributed by atoms with E-state index < -0.39 is 0 Å². The van der Waals surface area contributed by atoms with Crippen LogP contribution in [0.5, 0.6) is 0 Å². The van der Waals surface area contributed by atoms with Gasteiger partial charge in [0.1, 0.15) is 12.2 Å². The van der Waals surface area contributed by atoms with E-state index in [9.17, 15) is 0 Å². The lowest BCUT2D eigenvalue weighted by molar-refractivity contribution is 0.620. The maximum Gasteiger partial charge on any atom is 0.191 e. The molecule has 2 aromatic rings. The van der Waals surface area contributed by atoms with E-state index in [1.54, 1.807) is 13.4 Å². The number of halogens is 1. The molecule has 0 aliphatic heterocycles. The molecule has 2 N–H and O–H groups in total. The van der Waals surface area contributed by atoms with Crippen LogP contribution in [0.4, 0.5) is 0 Å². The van der Waals surface area contributed by atoms with E-state index in [0.29, 0.717) is 0 Å². The average molecular weight is 335 g/mol. The normalized spacial score (nSPS) is 13.0. The zero-order valence-electron chi connectivity index (χ0n) is 13.8. The predicted molar refractivity (Wildman–Crippen MR) is 93.8 cm³/mol. The Bertz CT molecular complexity index is 652. The third kappa shape index (κ3) is 4.96. The summed E-state index contributed by atoms with van der Waals surface area (Å²) in [5, 5.41) is 15.4. The number of aliphatic imine (C=N–C) groups is 1. The highest BCUT2D eigenvalue weighted by atomic mass is 35.5. The zero-order chi connectivity index (χ0) is 16.7. The van der Waals surface area contributed by atoms with Crippen LogP contribution in [0.25, 0.3) is 0 Å². The maximum absolute atomic E-state index is 6.04. The van der Waals surface area contributed by atoms with Crippen molar-refractivity contribution in [1.29, 1.82) is 0 Å². The number of nitrogens with one attached hydrogen (secondary N) is 2. The molecule has 0 radical (unpaired) electrons. The van der Waals surface area contributed by atoms with Crippen molar-refractivity contribution in [2.75, 3.05) is 13.6 Å². The standard InChI is InChI=1S/C16H23ClN6/c1-4-15-22-20-11-23(15)9-8-19-16(18-3)21-12(2)13-6-5-7-14(17)10-13/h5-7,10-12H,4,8-9H2,1-3H3,(H2,18,19,21). The molecule has 0 saturated carbocycles. The molecule has 23 heavy (non-hydrogen) atoms. The fourth-order valence-corrected chi connectivity index (χ4v) is 2.49. The van der Waals surface area contributed by atoms with E-state index in [4.69, 9.17) is 11.6 Å². The number of nitrogens with zero attached hydrogens (tertiary/aromatic N) is 4. The average Bonchev–Trinajstić information content (AvgIpc) is 3.01. The monoisotopic (exact) mass is 334 g/mol. The lowest BCUT2D eigenvalue weighted by atomic mass is 10.1. The van der Waals surface area contributed by atoms with Crippen molar-refractivity contribution in [1.82, 2.24) is 25.4 Å². The molecular formula is C16H23ClN6. The molecule has 0 fully saturated rings. The first-order valence-electron chi connectivity index (χ1n) is 7.73. The van der Waals surface area contributed by atoms with Crippen LogP contribution in [0.15, 0.2) is 35.6 Å². The van der Waals surface area contributed by atoms with Gasteiger partial charge in [0.2, 0.25) is 0 Å². The van der Waals surface area contributed by atoms with Crippen LogP contribution in [-0.4, -0.2) is 34.3 Å². The Kier molecular flexibility index (Phi) is 6.40. The third-order valence-electron chi connectivity index (χ3n) is 3.58. The summed E-state index contributed by atoms with van der Waals surface area (Å²) in [5.41, 5.74) is 1.12. The lowest BCUT2D eigenvalue weighted by Crippen LogP contribution is -2.40. The first kappa shape index (κ1) is 17.3. The molecule has 7 heteroatoms. The minimum Gasteiger partial charge on any atom is -0.355 e. The van der Waals surface area contributed by atoms with E-state index in [1.165, 1.54) is 0 Å². The topological polar surface area (TPSA) is 67.1 Å². The van der Waals surface area contributed by atoms with Crippen molar-refractivity contribution in [2.24, 2.45) is 4.99 Å². The minimum absolute atomic E-state index is 0.112. The number of aromatic nitrogens is 3. The SMILES string of the molecule is CCc1nncn1CCNC(=NC)NC(C)c1cccc(Cl)c1. The number of rotatable bonds is 6. The lowest BCUT2D eigenvalue weighted by Gasteiger charge is -2.18. The summed E-state index contributed by atoms with van der Waals surface area (Å²) in [7, 11) is 1.76. The van der Waals surface area contributed by atoms with Crippen LogP contribution < -0.4 is 10.6 Å². The highest BCUT2D eigenvalue weighted by Gasteiger charge is 2.08. The minimum atomic E-state index is 0.112. The fourth-order valence-electron chi connectivity index (χ4n) is 2.29. The smallest absolute Gasteiger partial charge is 0.191 e. The molecule has 2 rings (SSSR count). The maximum atomic E-state index is 6.04. The summed E-state index contributed by atoms with van der Waals surface area (Å²) in [6, 6.07) is 7.93. The second-order valence-electron chi connectivity index (χ2n) is 5.21. The first-order valence-corrected chi connectivity index (χ1v) is 8.11. The van der Waals surface area contributed by atoms with Gasteiger partial charge in [-0.05, 0) is 24.6 Å². The van der Waals surface area contributed by atoms with E-state index in [1.807, 2.05) is 28.8 Å². The zero-order valence-corrected chi connectivity index (χ0v) is 14.5. The predicted octanol–water partition coefficient (Wildman–Crippen LogP) is 2.42. The van der Waals surface area contributed by atoms with Gasteiger partial charge < -0.3 is 15.2 Å². The highest BCUT2D eigenvalue weighted by Crippen LogP contribution is 2.17. The van der Waals surface area contributed by atoms with Crippen LogP contribution in [0.2, 0.25) is 5.02 Å². The summed E-state index contributed by atoms with van der Waals surface area (Å²) in [6.07, 6.45) is 2.63. The van der Waals surface area contributed by atoms with Crippen LogP contribution in [0.3, 0.4) is 0 Å². The molecule has 0 spiro atoms. The molecule has 0 bridgehead atoms. The molecule has 0 aliphatic carbocycles. The van der Waals surface area contributed by atoms with Gasteiger partial charge in [0.15, 0.2) is 5.96 Å². The van der Waals surface area contributed by atoms with Crippen molar-refractivity contribution in [3.05, 3.63) is 47.0 Å². The van der Waals surface area contributed by atoms with Gasteiger partial charge in [0, 0.05) is 31.6 Å². The van der Waals surface area contributed by atoms with Gasteiger partial charge in [-0.25, -0.2) is 0 Å². The second-order valence-corrected chi connectivity index (χ2v) is 5.65. The number of hydrogen-bond donors (Lipinski definition) is 2. The Hall–Kier alpha value is -2.08. The Morgan fingerprint density at radius 3 is 2.96 bits per heavy atom. The Morgan fingerprint density at radius 2 is 2.26 bits per heavy atom. The molecule has 1 aromatic carbocycles. The van der Waals surface area contributed by atoms with Crippen LogP contribution in [0, 0.1) is 0 Å². The summed E-state index contributed by atoms with van der Waals surface area (Å²) < 4.78 is 2.04. The summed E-state index contributed by atoms with van der Waals surface area (Å²) in [6.45, 7) is 5.68. The quantitative estimate of drug-likeness (QED) is 0.629. The molecule has 1 aromatic heterocycles. The van der Waals surface area contributed by atoms with Crippen molar-refractivity contribution in [3.8, 4) is 0 Å². The highest BCUT2D eigenvalue weighted by molar-refractivity contribution is 6.30. The number of guanidine groups is 1. The van der Waals surface area contributed by atoms with Crippen molar-refractivity contribution in [2.45, 2.75) is 32.9 Å². The van der Waals surface area contributed by atoms with Gasteiger partial charge in [-0.3, -0.25) is 4.99 Å². The Labute approximate surface area is 142 Å².